The van der Waals surface area contributed by atoms with Crippen LogP contribution >= 0.6 is 23.8 Å². The van der Waals surface area contributed by atoms with Crippen molar-refractivity contribution in [3.63, 3.8) is 0 Å². The van der Waals surface area contributed by atoms with Gasteiger partial charge in [0.2, 0.25) is 0 Å². The van der Waals surface area contributed by atoms with Crippen LogP contribution in [-0.4, -0.2) is 57.6 Å². The quantitative estimate of drug-likeness (QED) is 0.662. The molecule has 0 amide bonds. The molecule has 1 aromatic carbocycles. The van der Waals surface area contributed by atoms with Crippen LogP contribution in [0, 0.1) is 0 Å². The minimum Gasteiger partial charge on any atom is -0.370 e. The van der Waals surface area contributed by atoms with Gasteiger partial charge in [0.25, 0.3) is 0 Å². The molecule has 0 aromatic heterocycles. The molecular formula is C19H30ClN4OS+. The second-order valence-corrected chi connectivity index (χ2v) is 7.90. The van der Waals surface area contributed by atoms with Crippen LogP contribution < -0.4 is 20.4 Å². The molecule has 0 bridgehead atoms. The molecule has 1 aromatic rings. The maximum atomic E-state index is 6.24. The number of benzene rings is 1. The molecule has 0 saturated carbocycles. The van der Waals surface area contributed by atoms with Gasteiger partial charge in [0.1, 0.15) is 13.1 Å². The smallest absolute Gasteiger partial charge is 0.171 e. The zero-order valence-corrected chi connectivity index (χ0v) is 16.9. The average Bonchev–Trinajstić information content (AvgIpc) is 2.92. The van der Waals surface area contributed by atoms with Crippen molar-refractivity contribution in [2.75, 3.05) is 62.7 Å². The molecule has 5 nitrogen and oxygen atoms in total. The van der Waals surface area contributed by atoms with E-state index in [1.165, 1.54) is 31.4 Å². The second kappa shape index (κ2) is 10.3. The molecule has 144 valence electrons. The molecule has 3 N–H and O–H groups in total. The Morgan fingerprint density at radius 1 is 1.15 bits per heavy atom. The predicted molar refractivity (Wildman–Crippen MR) is 113 cm³/mol. The summed E-state index contributed by atoms with van der Waals surface area (Å²) in [5.74, 6) is 0. The van der Waals surface area contributed by atoms with Crippen molar-refractivity contribution < 1.29 is 9.64 Å². The van der Waals surface area contributed by atoms with Crippen LogP contribution in [0.5, 0.6) is 0 Å². The van der Waals surface area contributed by atoms with Gasteiger partial charge in [0.15, 0.2) is 5.11 Å². The lowest BCUT2D eigenvalue weighted by Crippen LogP contribution is -3.14. The van der Waals surface area contributed by atoms with Crippen LogP contribution in [0.4, 0.5) is 11.4 Å². The maximum Gasteiger partial charge on any atom is 0.171 e. The van der Waals surface area contributed by atoms with Gasteiger partial charge in [-0.1, -0.05) is 24.4 Å². The number of quaternary nitrogens is 1. The van der Waals surface area contributed by atoms with E-state index in [0.29, 0.717) is 5.11 Å². The fraction of sp³-hybridized carbons (Fsp3) is 0.632. The van der Waals surface area contributed by atoms with E-state index in [1.54, 1.807) is 4.90 Å². The van der Waals surface area contributed by atoms with E-state index in [1.807, 2.05) is 12.1 Å². The Hall–Kier alpha value is -1.08. The highest BCUT2D eigenvalue weighted by molar-refractivity contribution is 7.80. The summed E-state index contributed by atoms with van der Waals surface area (Å²) < 4.78 is 5.40. The van der Waals surface area contributed by atoms with E-state index in [4.69, 9.17) is 28.6 Å². The highest BCUT2D eigenvalue weighted by Crippen LogP contribution is 2.30. The second-order valence-electron chi connectivity index (χ2n) is 7.06. The third-order valence-corrected chi connectivity index (χ3v) is 5.60. The van der Waals surface area contributed by atoms with E-state index in [2.05, 4.69) is 21.6 Å². The van der Waals surface area contributed by atoms with Gasteiger partial charge in [-0.15, -0.1) is 0 Å². The van der Waals surface area contributed by atoms with Gasteiger partial charge in [0, 0.05) is 18.1 Å². The van der Waals surface area contributed by atoms with Gasteiger partial charge in [0.05, 0.1) is 37.7 Å². The molecule has 26 heavy (non-hydrogen) atoms. The molecular weight excluding hydrogens is 368 g/mol. The minimum absolute atomic E-state index is 0.663. The van der Waals surface area contributed by atoms with Crippen LogP contribution in [0.15, 0.2) is 18.2 Å². The summed E-state index contributed by atoms with van der Waals surface area (Å²) in [4.78, 5) is 4.02. The molecule has 2 fully saturated rings. The molecule has 0 unspecified atom stereocenters. The summed E-state index contributed by atoms with van der Waals surface area (Å²) in [6, 6.07) is 6.05. The van der Waals surface area contributed by atoms with Crippen molar-refractivity contribution in [1.82, 2.24) is 5.32 Å². The average molecular weight is 398 g/mol. The molecule has 0 radical (unpaired) electrons. The SMILES string of the molecule is S=C(NCC[NH+]1CCOCC1)Nc1cc(Cl)ccc1N1CCCCCC1. The van der Waals surface area contributed by atoms with Gasteiger partial charge in [-0.25, -0.2) is 0 Å². The first-order valence-corrected chi connectivity index (χ1v) is 10.5. The van der Waals surface area contributed by atoms with E-state index >= 15 is 0 Å². The third-order valence-electron chi connectivity index (χ3n) is 5.12. The summed E-state index contributed by atoms with van der Waals surface area (Å²) in [7, 11) is 0. The Balaban J connectivity index is 1.55. The van der Waals surface area contributed by atoms with E-state index in [-0.39, 0.29) is 0 Å². The van der Waals surface area contributed by atoms with E-state index in [9.17, 15) is 0 Å². The Morgan fingerprint density at radius 2 is 1.88 bits per heavy atom. The molecule has 2 heterocycles. The summed E-state index contributed by atoms with van der Waals surface area (Å²) >= 11 is 11.8. The molecule has 0 aliphatic carbocycles. The lowest BCUT2D eigenvalue weighted by atomic mass is 10.2. The normalized spacial score (nSPS) is 19.0. The minimum atomic E-state index is 0.663. The predicted octanol–water partition coefficient (Wildman–Crippen LogP) is 1.92. The van der Waals surface area contributed by atoms with Crippen molar-refractivity contribution in [3.8, 4) is 0 Å². The highest BCUT2D eigenvalue weighted by atomic mass is 35.5. The van der Waals surface area contributed by atoms with Crippen LogP contribution in [-0.2, 0) is 4.74 Å². The first kappa shape index (κ1) is 19.7. The molecule has 2 aliphatic rings. The molecule has 3 rings (SSSR count). The van der Waals surface area contributed by atoms with Gasteiger partial charge in [-0.05, 0) is 43.3 Å². The number of morpholine rings is 1. The van der Waals surface area contributed by atoms with E-state index in [0.717, 1.165) is 63.2 Å². The summed E-state index contributed by atoms with van der Waals surface area (Å²) in [5, 5.41) is 8.10. The van der Waals surface area contributed by atoms with Crippen molar-refractivity contribution in [3.05, 3.63) is 23.2 Å². The molecule has 7 heteroatoms. The van der Waals surface area contributed by atoms with Crippen molar-refractivity contribution >= 4 is 40.3 Å². The monoisotopic (exact) mass is 397 g/mol. The topological polar surface area (TPSA) is 41.0 Å². The van der Waals surface area contributed by atoms with Crippen molar-refractivity contribution in [2.45, 2.75) is 25.7 Å². The number of ether oxygens (including phenoxy) is 1. The number of anilines is 2. The lowest BCUT2D eigenvalue weighted by molar-refractivity contribution is -0.906. The molecule has 0 atom stereocenters. The van der Waals surface area contributed by atoms with Gasteiger partial charge in [-0.3, -0.25) is 0 Å². The zero-order chi connectivity index (χ0) is 18.2. The van der Waals surface area contributed by atoms with Crippen LogP contribution in [0.2, 0.25) is 5.02 Å². The van der Waals surface area contributed by atoms with Gasteiger partial charge in [-0.2, -0.15) is 0 Å². The Labute approximate surface area is 167 Å². The number of nitrogens with zero attached hydrogens (tertiary/aromatic N) is 1. The van der Waals surface area contributed by atoms with Crippen LogP contribution in [0.1, 0.15) is 25.7 Å². The first-order chi connectivity index (χ1) is 12.7. The number of rotatable bonds is 5. The summed E-state index contributed by atoms with van der Waals surface area (Å²) in [5.41, 5.74) is 2.19. The fourth-order valence-corrected chi connectivity index (χ4v) is 4.01. The number of hydrogen-bond acceptors (Lipinski definition) is 3. The Morgan fingerprint density at radius 3 is 2.62 bits per heavy atom. The number of nitrogens with one attached hydrogen (secondary N) is 3. The first-order valence-electron chi connectivity index (χ1n) is 9.73. The summed E-state index contributed by atoms with van der Waals surface area (Å²) in [6.45, 7) is 7.98. The lowest BCUT2D eigenvalue weighted by Gasteiger charge is -2.26. The van der Waals surface area contributed by atoms with Crippen LogP contribution in [0.25, 0.3) is 0 Å². The number of hydrogen-bond donors (Lipinski definition) is 3. The van der Waals surface area contributed by atoms with Gasteiger partial charge < -0.3 is 25.2 Å². The zero-order valence-electron chi connectivity index (χ0n) is 15.4. The Bertz CT molecular complexity index is 587. The maximum absolute atomic E-state index is 6.24. The van der Waals surface area contributed by atoms with Crippen LogP contribution in [0.3, 0.4) is 0 Å². The number of halogens is 1. The molecule has 0 spiro atoms. The third kappa shape index (κ3) is 5.98. The fourth-order valence-electron chi connectivity index (χ4n) is 3.63. The van der Waals surface area contributed by atoms with Gasteiger partial charge >= 0.3 is 0 Å². The Kier molecular flexibility index (Phi) is 7.80. The van der Waals surface area contributed by atoms with Crippen molar-refractivity contribution in [1.29, 1.82) is 0 Å². The molecule has 2 aliphatic heterocycles. The highest BCUT2D eigenvalue weighted by Gasteiger charge is 2.16. The molecule has 2 saturated heterocycles. The summed E-state index contributed by atoms with van der Waals surface area (Å²) in [6.07, 6.45) is 5.12. The van der Waals surface area contributed by atoms with Crippen molar-refractivity contribution in [2.24, 2.45) is 0 Å². The van der Waals surface area contributed by atoms with E-state index < -0.39 is 0 Å². The standard InChI is InChI=1S/C19H29ClN4OS/c20-16-5-6-18(24-8-3-1-2-4-9-24)17(15-16)22-19(26)21-7-10-23-11-13-25-14-12-23/h5-6,15H,1-4,7-14H2,(H2,21,22,26)/p+1. The largest absolute Gasteiger partial charge is 0.370 e. The number of thiocarbonyl (C=S) groups is 1.